The van der Waals surface area contributed by atoms with Crippen LogP contribution >= 0.6 is 11.3 Å². The lowest BCUT2D eigenvalue weighted by Gasteiger charge is -2.24. The number of rotatable bonds is 5. The quantitative estimate of drug-likeness (QED) is 0.857. The number of hydrogen-bond acceptors (Lipinski definition) is 4. The Kier molecular flexibility index (Phi) is 3.33. The third-order valence-electron chi connectivity index (χ3n) is 2.58. The van der Waals surface area contributed by atoms with Gasteiger partial charge in [-0.2, -0.15) is 0 Å². The molecule has 1 heterocycles. The molecule has 16 heavy (non-hydrogen) atoms. The second-order valence-corrected chi connectivity index (χ2v) is 6.33. The molecule has 0 unspecified atom stereocenters. The molecule has 1 aliphatic rings. The maximum atomic E-state index is 9.71. The third-order valence-corrected chi connectivity index (χ3v) is 3.64. The maximum absolute atomic E-state index is 9.71. The van der Waals surface area contributed by atoms with Crippen LogP contribution in [0.4, 0.5) is 0 Å². The molecule has 1 N–H and O–H groups in total. The molecule has 4 heteroatoms. The lowest BCUT2D eigenvalue weighted by Crippen LogP contribution is -2.35. The molecule has 0 bridgehead atoms. The van der Waals surface area contributed by atoms with Crippen LogP contribution in [-0.4, -0.2) is 34.2 Å². The fraction of sp³-hybridized carbons (Fsp3) is 0.750. The Morgan fingerprint density at radius 1 is 1.56 bits per heavy atom. The summed E-state index contributed by atoms with van der Waals surface area (Å²) < 4.78 is 0. The first-order valence-electron chi connectivity index (χ1n) is 5.79. The minimum Gasteiger partial charge on any atom is -0.389 e. The van der Waals surface area contributed by atoms with Crippen molar-refractivity contribution in [1.82, 2.24) is 9.88 Å². The average Bonchev–Trinajstić information content (AvgIpc) is 2.85. The summed E-state index contributed by atoms with van der Waals surface area (Å²) in [6.07, 6.45) is 2.62. The van der Waals surface area contributed by atoms with E-state index in [9.17, 15) is 5.11 Å². The van der Waals surface area contributed by atoms with E-state index in [-0.39, 0.29) is 0 Å². The summed E-state index contributed by atoms with van der Waals surface area (Å²) in [6.45, 7) is 5.16. The van der Waals surface area contributed by atoms with Crippen molar-refractivity contribution in [2.45, 2.75) is 44.8 Å². The van der Waals surface area contributed by atoms with Crippen LogP contribution in [0.3, 0.4) is 0 Å². The fourth-order valence-corrected chi connectivity index (χ4v) is 2.89. The molecule has 0 atom stereocenters. The number of aliphatic hydroxyl groups is 1. The molecule has 90 valence electrons. The molecule has 1 aromatic heterocycles. The van der Waals surface area contributed by atoms with Crippen LogP contribution in [0, 0.1) is 0 Å². The van der Waals surface area contributed by atoms with Crippen LogP contribution in [0.5, 0.6) is 0 Å². The molecular weight excluding hydrogens is 220 g/mol. The van der Waals surface area contributed by atoms with Crippen molar-refractivity contribution >= 4 is 11.3 Å². The zero-order valence-electron chi connectivity index (χ0n) is 10.2. The lowest BCUT2D eigenvalue weighted by molar-refractivity contribution is 0.0422. The van der Waals surface area contributed by atoms with Crippen LogP contribution in [0.1, 0.15) is 43.3 Å². The van der Waals surface area contributed by atoms with Gasteiger partial charge in [0, 0.05) is 24.4 Å². The predicted octanol–water partition coefficient (Wildman–Crippen LogP) is 2.22. The summed E-state index contributed by atoms with van der Waals surface area (Å²) in [5.74, 6) is 0.748. The molecule has 1 fully saturated rings. The highest BCUT2D eigenvalue weighted by atomic mass is 32.1. The van der Waals surface area contributed by atoms with E-state index in [0.717, 1.165) is 18.2 Å². The van der Waals surface area contributed by atoms with Gasteiger partial charge in [-0.25, -0.2) is 4.98 Å². The van der Waals surface area contributed by atoms with Crippen LogP contribution in [-0.2, 0) is 6.54 Å². The van der Waals surface area contributed by atoms with E-state index in [4.69, 9.17) is 0 Å². The van der Waals surface area contributed by atoms with Gasteiger partial charge in [0.05, 0.1) is 16.3 Å². The van der Waals surface area contributed by atoms with Crippen LogP contribution in [0.2, 0.25) is 0 Å². The average molecular weight is 240 g/mol. The van der Waals surface area contributed by atoms with Gasteiger partial charge < -0.3 is 5.11 Å². The van der Waals surface area contributed by atoms with Gasteiger partial charge >= 0.3 is 0 Å². The Balaban J connectivity index is 1.87. The van der Waals surface area contributed by atoms with Gasteiger partial charge in [0.1, 0.15) is 0 Å². The first-order valence-corrected chi connectivity index (χ1v) is 6.67. The van der Waals surface area contributed by atoms with Crippen molar-refractivity contribution in [3.63, 3.8) is 0 Å². The minimum atomic E-state index is -0.635. The smallest absolute Gasteiger partial charge is 0.0959 e. The molecule has 3 nitrogen and oxygen atoms in total. The van der Waals surface area contributed by atoms with E-state index in [2.05, 4.69) is 15.3 Å². The minimum absolute atomic E-state index is 0.635. The van der Waals surface area contributed by atoms with E-state index in [1.807, 2.05) is 20.9 Å². The topological polar surface area (TPSA) is 36.4 Å². The molecule has 0 aromatic carbocycles. The first kappa shape index (κ1) is 12.0. The maximum Gasteiger partial charge on any atom is 0.0959 e. The molecule has 1 aliphatic carbocycles. The number of aromatic nitrogens is 1. The van der Waals surface area contributed by atoms with Crippen molar-refractivity contribution in [2.75, 3.05) is 13.6 Å². The van der Waals surface area contributed by atoms with E-state index in [1.54, 1.807) is 11.3 Å². The summed E-state index contributed by atoms with van der Waals surface area (Å²) >= 11 is 1.78. The predicted molar refractivity (Wildman–Crippen MR) is 66.7 cm³/mol. The Hall–Kier alpha value is -0.450. The Morgan fingerprint density at radius 2 is 2.25 bits per heavy atom. The number of nitrogens with zero attached hydrogens (tertiary/aromatic N) is 2. The Labute approximate surface area is 101 Å². The summed E-state index contributed by atoms with van der Waals surface area (Å²) in [7, 11) is 2.02. The lowest BCUT2D eigenvalue weighted by atomic mass is 10.1. The molecule has 1 saturated carbocycles. The SMILES string of the molecule is CN(Cc1csc(C2CC2)n1)CC(C)(C)O. The second-order valence-electron chi connectivity index (χ2n) is 5.44. The number of hydrogen-bond donors (Lipinski definition) is 1. The molecule has 0 aliphatic heterocycles. The first-order chi connectivity index (χ1) is 7.44. The Bertz CT molecular complexity index is 352. The van der Waals surface area contributed by atoms with Crippen LogP contribution < -0.4 is 0 Å². The van der Waals surface area contributed by atoms with Gasteiger partial charge in [0.15, 0.2) is 0 Å². The molecule has 0 radical (unpaired) electrons. The summed E-state index contributed by atoms with van der Waals surface area (Å²) in [5.41, 5.74) is 0.503. The zero-order valence-corrected chi connectivity index (χ0v) is 11.0. The number of thiazole rings is 1. The molecule has 0 amide bonds. The van der Waals surface area contributed by atoms with Crippen molar-refractivity contribution in [3.8, 4) is 0 Å². The molecule has 1 aromatic rings. The normalized spacial score (nSPS) is 17.1. The summed E-state index contributed by atoms with van der Waals surface area (Å²) in [5, 5.41) is 13.2. The van der Waals surface area contributed by atoms with E-state index in [0.29, 0.717) is 6.54 Å². The highest BCUT2D eigenvalue weighted by Crippen LogP contribution is 2.41. The van der Waals surface area contributed by atoms with Gasteiger partial charge in [-0.3, -0.25) is 4.90 Å². The van der Waals surface area contributed by atoms with E-state index in [1.165, 1.54) is 17.8 Å². The standard InChI is InChI=1S/C12H20N2OS/c1-12(2,15)8-14(3)6-10-7-16-11(13-10)9-4-5-9/h7,9,15H,4-6,8H2,1-3H3. The highest BCUT2D eigenvalue weighted by Gasteiger charge is 2.26. The fourth-order valence-electron chi connectivity index (χ4n) is 1.91. The van der Waals surface area contributed by atoms with E-state index < -0.39 is 5.60 Å². The van der Waals surface area contributed by atoms with Gasteiger partial charge in [0.2, 0.25) is 0 Å². The molecule has 0 spiro atoms. The highest BCUT2D eigenvalue weighted by molar-refractivity contribution is 7.09. The van der Waals surface area contributed by atoms with Crippen molar-refractivity contribution in [3.05, 3.63) is 16.1 Å². The van der Waals surface area contributed by atoms with Crippen molar-refractivity contribution < 1.29 is 5.11 Å². The monoisotopic (exact) mass is 240 g/mol. The van der Waals surface area contributed by atoms with Gasteiger partial charge in [-0.1, -0.05) is 0 Å². The second kappa shape index (κ2) is 4.43. The summed E-state index contributed by atoms with van der Waals surface area (Å²) in [4.78, 5) is 6.75. The molecule has 2 rings (SSSR count). The summed E-state index contributed by atoms with van der Waals surface area (Å²) in [6, 6.07) is 0. The van der Waals surface area contributed by atoms with Crippen LogP contribution in [0.15, 0.2) is 5.38 Å². The molecular formula is C12H20N2OS. The van der Waals surface area contributed by atoms with Gasteiger partial charge in [-0.15, -0.1) is 11.3 Å². The van der Waals surface area contributed by atoms with Gasteiger partial charge in [0.25, 0.3) is 0 Å². The van der Waals surface area contributed by atoms with Crippen LogP contribution in [0.25, 0.3) is 0 Å². The van der Waals surface area contributed by atoms with E-state index >= 15 is 0 Å². The molecule has 0 saturated heterocycles. The van der Waals surface area contributed by atoms with Gasteiger partial charge in [-0.05, 0) is 33.7 Å². The van der Waals surface area contributed by atoms with Crippen molar-refractivity contribution in [2.24, 2.45) is 0 Å². The van der Waals surface area contributed by atoms with Crippen molar-refractivity contribution in [1.29, 1.82) is 0 Å². The Morgan fingerprint density at radius 3 is 2.81 bits per heavy atom. The number of likely N-dealkylation sites (N-methyl/N-ethyl adjacent to an activating group) is 1. The third kappa shape index (κ3) is 3.54. The zero-order chi connectivity index (χ0) is 11.8. The largest absolute Gasteiger partial charge is 0.389 e.